The highest BCUT2D eigenvalue weighted by Gasteiger charge is 2.23. The molecule has 0 spiro atoms. The summed E-state index contributed by atoms with van der Waals surface area (Å²) >= 11 is 4.78. The number of hydrogen-bond acceptors (Lipinski definition) is 2. The zero-order valence-electron chi connectivity index (χ0n) is 11.0. The predicted molar refractivity (Wildman–Crippen MR) is 88.0 cm³/mol. The Hall–Kier alpha value is -1.86. The van der Waals surface area contributed by atoms with Gasteiger partial charge in [0.1, 0.15) is 0 Å². The summed E-state index contributed by atoms with van der Waals surface area (Å²) in [5, 5.41) is 2.46. The smallest absolute Gasteiger partial charge is 0.432 e. The number of nitrogens with zero attached hydrogens (tertiary/aromatic N) is 1. The van der Waals surface area contributed by atoms with Crippen molar-refractivity contribution in [2.75, 3.05) is 0 Å². The molecule has 0 saturated carbocycles. The zero-order valence-corrected chi connectivity index (χ0v) is 13.1. The minimum atomic E-state index is -1.13. The van der Waals surface area contributed by atoms with E-state index in [-0.39, 0.29) is 5.02 Å². The molecule has 4 aromatic rings. The van der Waals surface area contributed by atoms with Gasteiger partial charge >= 0.3 is 15.4 Å². The molecule has 0 aliphatic heterocycles. The summed E-state index contributed by atoms with van der Waals surface area (Å²) in [5.41, 5.74) is 1.23. The van der Waals surface area contributed by atoms with E-state index < -0.39 is 26.3 Å². The van der Waals surface area contributed by atoms with Gasteiger partial charge in [0.25, 0.3) is 0 Å². The fraction of sp³-hybridized carbons (Fsp3) is 0. The van der Waals surface area contributed by atoms with Crippen LogP contribution in [0, 0.1) is 0 Å². The Balaban J connectivity index is 2.03. The number of fused-ring (bicyclic) bond motifs is 3. The Labute approximate surface area is 131 Å². The SMILES string of the molecule is O=c1c(Cl)[c]([AlH][n]2c3ccccc3c3ccccc32)c1=O. The van der Waals surface area contributed by atoms with Gasteiger partial charge in [0.15, 0.2) is 0 Å². The summed E-state index contributed by atoms with van der Waals surface area (Å²) in [6.45, 7) is 0. The maximum absolute atomic E-state index is 11.7. The largest absolute Gasteiger partial charge is 0.442 e. The van der Waals surface area contributed by atoms with Gasteiger partial charge in [0.2, 0.25) is 10.9 Å². The summed E-state index contributed by atoms with van der Waals surface area (Å²) in [4.78, 5) is 23.0. The molecule has 0 unspecified atom stereocenters. The number of hydrogen-bond donors (Lipinski definition) is 0. The molecule has 0 bridgehead atoms. The first-order chi connectivity index (χ1) is 10.2. The van der Waals surface area contributed by atoms with Crippen LogP contribution in [-0.4, -0.2) is 19.0 Å². The van der Waals surface area contributed by atoms with E-state index >= 15 is 0 Å². The lowest BCUT2D eigenvalue weighted by molar-refractivity contribution is 1.35. The Kier molecular flexibility index (Phi) is 2.80. The first-order valence-electron chi connectivity index (χ1n) is 6.62. The topological polar surface area (TPSA) is 39.1 Å². The standard InChI is InChI=1S/C12H8N.C4ClO2.Al.H/c1-3-7-11-9(5-1)10-6-2-4-8-12(10)13-11;5-2-1-3(6)4(2)7;;/h1-8H;;;/q-1;;+1;. The molecule has 3 aromatic carbocycles. The molecule has 0 N–H and O–H groups in total. The summed E-state index contributed by atoms with van der Waals surface area (Å²) in [6, 6.07) is 16.2. The highest BCUT2D eigenvalue weighted by molar-refractivity contribution is 6.60. The van der Waals surface area contributed by atoms with Crippen molar-refractivity contribution in [3.63, 3.8) is 0 Å². The Bertz CT molecular complexity index is 1020. The minimum Gasteiger partial charge on any atom is -0.432 e. The van der Waals surface area contributed by atoms with Crippen LogP contribution in [0.3, 0.4) is 0 Å². The molecular weight excluding hydrogens is 301 g/mol. The molecule has 0 aliphatic carbocycles. The van der Waals surface area contributed by atoms with E-state index in [9.17, 15) is 9.59 Å². The van der Waals surface area contributed by atoms with Gasteiger partial charge in [0, 0.05) is 21.8 Å². The van der Waals surface area contributed by atoms with Crippen LogP contribution >= 0.6 is 11.6 Å². The van der Waals surface area contributed by atoms with Gasteiger partial charge in [-0.2, -0.15) is 0 Å². The number of halogens is 1. The average molecular weight is 310 g/mol. The van der Waals surface area contributed by atoms with Crippen molar-refractivity contribution in [1.82, 2.24) is 3.55 Å². The van der Waals surface area contributed by atoms with Crippen molar-refractivity contribution in [3.8, 4) is 0 Å². The van der Waals surface area contributed by atoms with Crippen LogP contribution in [0.25, 0.3) is 21.8 Å². The van der Waals surface area contributed by atoms with E-state index in [1.54, 1.807) is 0 Å². The van der Waals surface area contributed by atoms with Crippen molar-refractivity contribution in [1.29, 1.82) is 0 Å². The molecular formula is C16H9AlClNO2. The quantitative estimate of drug-likeness (QED) is 0.416. The lowest BCUT2D eigenvalue weighted by Crippen LogP contribution is -2.52. The molecule has 1 aromatic heterocycles. The molecule has 3 nitrogen and oxygen atoms in total. The Morgan fingerprint density at radius 2 is 1.33 bits per heavy atom. The monoisotopic (exact) mass is 309 g/mol. The van der Waals surface area contributed by atoms with Crippen molar-refractivity contribution in [2.45, 2.75) is 0 Å². The van der Waals surface area contributed by atoms with Crippen molar-refractivity contribution in [2.24, 2.45) is 0 Å². The number of rotatable bonds is 2. The first-order valence-corrected chi connectivity index (χ1v) is 8.34. The van der Waals surface area contributed by atoms with E-state index in [2.05, 4.69) is 15.7 Å². The molecule has 0 saturated heterocycles. The van der Waals surface area contributed by atoms with E-state index in [0.717, 1.165) is 21.8 Å². The van der Waals surface area contributed by atoms with Gasteiger partial charge in [-0.3, -0.25) is 9.59 Å². The van der Waals surface area contributed by atoms with E-state index in [1.807, 2.05) is 36.4 Å². The number of benzene rings is 2. The summed E-state index contributed by atoms with van der Waals surface area (Å²) < 4.78 is 2.71. The predicted octanol–water partition coefficient (Wildman–Crippen LogP) is 1.57. The van der Waals surface area contributed by atoms with Crippen LogP contribution < -0.4 is 15.3 Å². The van der Waals surface area contributed by atoms with Crippen molar-refractivity contribution in [3.05, 3.63) is 74.0 Å². The Morgan fingerprint density at radius 3 is 1.86 bits per heavy atom. The molecule has 4 rings (SSSR count). The third-order valence-electron chi connectivity index (χ3n) is 3.94. The highest BCUT2D eigenvalue weighted by atomic mass is 35.5. The van der Waals surface area contributed by atoms with Crippen LogP contribution in [0.2, 0.25) is 5.02 Å². The minimum absolute atomic E-state index is 0.133. The molecule has 0 radical (unpaired) electrons. The van der Waals surface area contributed by atoms with Gasteiger partial charge in [-0.05, 0) is 16.6 Å². The zero-order chi connectivity index (χ0) is 14.6. The van der Waals surface area contributed by atoms with E-state index in [1.165, 1.54) is 0 Å². The number of aromatic nitrogens is 1. The molecule has 0 atom stereocenters. The van der Waals surface area contributed by atoms with Crippen LogP contribution in [0.15, 0.2) is 58.1 Å². The molecule has 1 heterocycles. The third kappa shape index (κ3) is 1.74. The molecule has 0 amide bonds. The average Bonchev–Trinajstić information content (AvgIpc) is 2.86. The lowest BCUT2D eigenvalue weighted by Gasteiger charge is -2.08. The third-order valence-corrected chi connectivity index (χ3v) is 6.55. The first kappa shape index (κ1) is 12.9. The van der Waals surface area contributed by atoms with Gasteiger partial charge in [-0.1, -0.05) is 48.0 Å². The van der Waals surface area contributed by atoms with Crippen LogP contribution in [0.1, 0.15) is 0 Å². The van der Waals surface area contributed by atoms with E-state index in [4.69, 9.17) is 11.6 Å². The fourth-order valence-corrected chi connectivity index (χ4v) is 5.05. The lowest BCUT2D eigenvalue weighted by atomic mass is 10.2. The van der Waals surface area contributed by atoms with E-state index in [0.29, 0.717) is 4.43 Å². The number of para-hydroxylation sites is 2. The highest BCUT2D eigenvalue weighted by Crippen LogP contribution is 2.27. The Morgan fingerprint density at radius 1 is 0.810 bits per heavy atom. The van der Waals surface area contributed by atoms with Crippen LogP contribution in [-0.2, 0) is 0 Å². The fourth-order valence-electron chi connectivity index (χ4n) is 2.88. The molecule has 21 heavy (non-hydrogen) atoms. The normalized spacial score (nSPS) is 11.5. The summed E-state index contributed by atoms with van der Waals surface area (Å²) in [6.07, 6.45) is 0. The van der Waals surface area contributed by atoms with Crippen LogP contribution in [0.4, 0.5) is 0 Å². The van der Waals surface area contributed by atoms with Gasteiger partial charge in [-0.25, -0.2) is 0 Å². The summed E-state index contributed by atoms with van der Waals surface area (Å²) in [5.74, 6) is 0. The van der Waals surface area contributed by atoms with Gasteiger partial charge in [-0.15, -0.1) is 0 Å². The van der Waals surface area contributed by atoms with Gasteiger partial charge < -0.3 is 3.55 Å². The summed E-state index contributed by atoms with van der Waals surface area (Å²) in [7, 11) is 0. The maximum Gasteiger partial charge on any atom is 0.442 e. The molecule has 100 valence electrons. The second-order valence-corrected chi connectivity index (χ2v) is 7.10. The van der Waals surface area contributed by atoms with Crippen molar-refractivity contribution < 1.29 is 0 Å². The molecule has 5 heteroatoms. The molecule has 0 fully saturated rings. The molecule has 0 aliphatic rings. The van der Waals surface area contributed by atoms with Crippen LogP contribution in [0.5, 0.6) is 0 Å². The maximum atomic E-state index is 11.7. The second kappa shape index (κ2) is 4.57. The van der Waals surface area contributed by atoms with Crippen molar-refractivity contribution >= 4 is 53.3 Å². The second-order valence-electron chi connectivity index (χ2n) is 5.07. The van der Waals surface area contributed by atoms with Gasteiger partial charge in [0.05, 0.1) is 5.02 Å².